The van der Waals surface area contributed by atoms with Crippen LogP contribution in [0.4, 0.5) is 0 Å². The van der Waals surface area contributed by atoms with E-state index < -0.39 is 20.0 Å². The van der Waals surface area contributed by atoms with Crippen LogP contribution in [0.25, 0.3) is 0 Å². The molecule has 5 N–H and O–H groups in total. The first-order chi connectivity index (χ1) is 26.9. The van der Waals surface area contributed by atoms with Crippen molar-refractivity contribution in [2.45, 2.75) is 180 Å². The summed E-state index contributed by atoms with van der Waals surface area (Å²) in [5.74, 6) is -0.227. The molecule has 1 amide bonds. The zero-order valence-electron chi connectivity index (χ0n) is 34.9. The minimum atomic E-state index is -4.36. The number of hydrogen-bond acceptors (Lipinski definition) is 6. The predicted molar refractivity (Wildman–Crippen MR) is 235 cm³/mol. The van der Waals surface area contributed by atoms with Gasteiger partial charge in [0, 0.05) is 13.0 Å². The fourth-order valence-electron chi connectivity index (χ4n) is 5.70. The molecule has 0 fully saturated rings. The number of phosphoric acid groups is 1. The molecule has 0 saturated carbocycles. The van der Waals surface area contributed by atoms with Crippen molar-refractivity contribution in [1.29, 1.82) is 0 Å². The first-order valence-corrected chi connectivity index (χ1v) is 23.2. The van der Waals surface area contributed by atoms with E-state index >= 15 is 0 Å². The fraction of sp³-hybridized carbons (Fsp3) is 0.674. The summed E-state index contributed by atoms with van der Waals surface area (Å²) < 4.78 is 22.1. The molecular weight excluding hydrogens is 707 g/mol. The van der Waals surface area contributed by atoms with Gasteiger partial charge >= 0.3 is 7.82 Å². The van der Waals surface area contributed by atoms with Crippen molar-refractivity contribution in [2.24, 2.45) is 5.73 Å². The SMILES string of the molecule is CC/C=C\C/C=C\C/C=C\C/C=C\C/C=C\CCCCCCCC(=O)NC(COP(=O)(O)OCCN)C(O)/C=C/CC/C=C/CCCCCCCCCCC. The Morgan fingerprint density at radius 2 is 1.07 bits per heavy atom. The van der Waals surface area contributed by atoms with Crippen molar-refractivity contribution in [1.82, 2.24) is 5.32 Å². The first kappa shape index (κ1) is 52.7. The molecule has 0 rings (SSSR count). The van der Waals surface area contributed by atoms with Gasteiger partial charge in [-0.2, -0.15) is 0 Å². The Kier molecular flexibility index (Phi) is 39.6. The van der Waals surface area contributed by atoms with Crippen LogP contribution in [-0.2, 0) is 18.4 Å². The second-order valence-electron chi connectivity index (χ2n) is 14.2. The summed E-state index contributed by atoms with van der Waals surface area (Å²) in [6.07, 6.45) is 54.9. The highest BCUT2D eigenvalue weighted by Crippen LogP contribution is 2.43. The molecule has 55 heavy (non-hydrogen) atoms. The zero-order chi connectivity index (χ0) is 40.3. The molecule has 0 aromatic carbocycles. The number of aliphatic hydroxyl groups excluding tert-OH is 1. The van der Waals surface area contributed by atoms with E-state index in [1.807, 2.05) is 6.08 Å². The number of carbonyl (C=O) groups is 1. The monoisotopic (exact) mass is 789 g/mol. The summed E-state index contributed by atoms with van der Waals surface area (Å²) in [5.41, 5.74) is 5.37. The minimum absolute atomic E-state index is 0.0659. The Hall–Kier alpha value is -2.32. The van der Waals surface area contributed by atoms with E-state index in [0.29, 0.717) is 6.42 Å². The second kappa shape index (κ2) is 41.3. The van der Waals surface area contributed by atoms with Crippen LogP contribution in [0.15, 0.2) is 85.1 Å². The number of nitrogens with one attached hydrogen (secondary N) is 1. The molecule has 9 heteroatoms. The van der Waals surface area contributed by atoms with E-state index in [2.05, 4.69) is 92.1 Å². The maximum Gasteiger partial charge on any atom is 0.472 e. The number of allylic oxidation sites excluding steroid dienone is 13. The average Bonchev–Trinajstić information content (AvgIpc) is 3.17. The van der Waals surface area contributed by atoms with Crippen molar-refractivity contribution in [3.63, 3.8) is 0 Å². The van der Waals surface area contributed by atoms with Crippen LogP contribution >= 0.6 is 7.82 Å². The fourth-order valence-corrected chi connectivity index (χ4v) is 6.46. The zero-order valence-corrected chi connectivity index (χ0v) is 35.8. The molecule has 8 nitrogen and oxygen atoms in total. The summed E-state index contributed by atoms with van der Waals surface area (Å²) in [7, 11) is -4.36. The van der Waals surface area contributed by atoms with Crippen LogP contribution in [0.1, 0.15) is 168 Å². The van der Waals surface area contributed by atoms with Gasteiger partial charge in [0.25, 0.3) is 0 Å². The molecule has 0 bridgehead atoms. The highest BCUT2D eigenvalue weighted by Gasteiger charge is 2.26. The minimum Gasteiger partial charge on any atom is -0.387 e. The number of carbonyl (C=O) groups excluding carboxylic acids is 1. The lowest BCUT2D eigenvalue weighted by Crippen LogP contribution is -2.45. The lowest BCUT2D eigenvalue weighted by atomic mass is 10.1. The van der Waals surface area contributed by atoms with E-state index in [1.54, 1.807) is 6.08 Å². The number of hydrogen-bond donors (Lipinski definition) is 4. The van der Waals surface area contributed by atoms with Crippen molar-refractivity contribution in [3.05, 3.63) is 85.1 Å². The molecule has 0 aliphatic rings. The standard InChI is InChI=1S/C46H81N2O6P/c1-3-5-7-9-11-13-15-17-19-20-21-22-23-24-26-28-30-32-34-36-38-40-46(50)48-44(43-54-55(51,52)53-42-41-47)45(49)39-37-35-33-31-29-27-25-18-16-14-12-10-8-6-4-2/h5,7,11,13,17,19,21-22,24,26,29,31,37,39,44-45,49H,3-4,6,8-10,12,14-16,18,20,23,25,27-28,30,32-36,38,40-43,47H2,1-2H3,(H,48,50)(H,51,52)/b7-5-,13-11-,19-17-,22-21-,26-24-,31-29+,39-37+. The van der Waals surface area contributed by atoms with Crippen molar-refractivity contribution >= 4 is 13.7 Å². The van der Waals surface area contributed by atoms with Gasteiger partial charge in [-0.15, -0.1) is 0 Å². The Bertz CT molecular complexity index is 1130. The van der Waals surface area contributed by atoms with Gasteiger partial charge in [0.1, 0.15) is 0 Å². The molecule has 316 valence electrons. The largest absolute Gasteiger partial charge is 0.472 e. The molecule has 0 aliphatic heterocycles. The van der Waals surface area contributed by atoms with Gasteiger partial charge < -0.3 is 21.1 Å². The number of amides is 1. The number of unbranched alkanes of at least 4 members (excludes halogenated alkanes) is 15. The number of nitrogens with two attached hydrogens (primary N) is 1. The normalized spacial score (nSPS) is 14.9. The highest BCUT2D eigenvalue weighted by molar-refractivity contribution is 7.47. The third kappa shape index (κ3) is 39.7. The van der Waals surface area contributed by atoms with Crippen LogP contribution in [0.3, 0.4) is 0 Å². The van der Waals surface area contributed by atoms with Gasteiger partial charge in [-0.25, -0.2) is 4.57 Å². The molecule has 0 aliphatic carbocycles. The van der Waals surface area contributed by atoms with E-state index in [-0.39, 0.29) is 25.7 Å². The van der Waals surface area contributed by atoms with Gasteiger partial charge in [-0.05, 0) is 77.0 Å². The molecular formula is C46H81N2O6P. The Balaban J connectivity index is 4.32. The van der Waals surface area contributed by atoms with Gasteiger partial charge in [-0.3, -0.25) is 13.8 Å². The Morgan fingerprint density at radius 1 is 0.618 bits per heavy atom. The maximum absolute atomic E-state index is 12.8. The Morgan fingerprint density at radius 3 is 1.62 bits per heavy atom. The molecule has 0 spiro atoms. The van der Waals surface area contributed by atoms with Crippen LogP contribution in [0.5, 0.6) is 0 Å². The number of phosphoric ester groups is 1. The molecule has 0 radical (unpaired) electrons. The molecule has 0 aromatic heterocycles. The summed E-state index contributed by atoms with van der Waals surface area (Å²) >= 11 is 0. The molecule has 0 aromatic rings. The number of rotatable bonds is 39. The molecule has 0 saturated heterocycles. The molecule has 3 unspecified atom stereocenters. The summed E-state index contributed by atoms with van der Waals surface area (Å²) in [6.45, 7) is 3.96. The summed E-state index contributed by atoms with van der Waals surface area (Å²) in [6, 6.07) is -0.892. The highest BCUT2D eigenvalue weighted by atomic mass is 31.2. The average molecular weight is 789 g/mol. The Labute approximate surface area is 337 Å². The van der Waals surface area contributed by atoms with Crippen molar-refractivity contribution in [3.8, 4) is 0 Å². The van der Waals surface area contributed by atoms with Crippen molar-refractivity contribution < 1.29 is 28.4 Å². The maximum atomic E-state index is 12.8. The van der Waals surface area contributed by atoms with E-state index in [0.717, 1.165) is 89.9 Å². The van der Waals surface area contributed by atoms with Gasteiger partial charge in [0.2, 0.25) is 5.91 Å². The van der Waals surface area contributed by atoms with Crippen LogP contribution < -0.4 is 11.1 Å². The third-order valence-corrected chi connectivity index (χ3v) is 9.94. The van der Waals surface area contributed by atoms with Crippen LogP contribution in [0, 0.1) is 0 Å². The number of aliphatic hydroxyl groups is 1. The van der Waals surface area contributed by atoms with Crippen LogP contribution in [0.2, 0.25) is 0 Å². The first-order valence-electron chi connectivity index (χ1n) is 21.7. The van der Waals surface area contributed by atoms with Crippen molar-refractivity contribution in [2.75, 3.05) is 19.8 Å². The molecule has 0 heterocycles. The van der Waals surface area contributed by atoms with Gasteiger partial charge in [0.05, 0.1) is 25.4 Å². The smallest absolute Gasteiger partial charge is 0.387 e. The topological polar surface area (TPSA) is 131 Å². The van der Waals surface area contributed by atoms with E-state index in [1.165, 1.54) is 57.8 Å². The predicted octanol–water partition coefficient (Wildman–Crippen LogP) is 12.2. The quantitative estimate of drug-likeness (QED) is 0.0277. The van der Waals surface area contributed by atoms with Gasteiger partial charge in [-0.1, -0.05) is 170 Å². The van der Waals surface area contributed by atoms with Gasteiger partial charge in [0.15, 0.2) is 0 Å². The molecule has 3 atom stereocenters. The summed E-state index contributed by atoms with van der Waals surface area (Å²) in [5, 5.41) is 13.6. The second-order valence-corrected chi connectivity index (χ2v) is 15.6. The van der Waals surface area contributed by atoms with Crippen LogP contribution in [-0.4, -0.2) is 47.8 Å². The lowest BCUT2D eigenvalue weighted by molar-refractivity contribution is -0.123. The third-order valence-electron chi connectivity index (χ3n) is 8.95. The lowest BCUT2D eigenvalue weighted by Gasteiger charge is -2.23. The summed E-state index contributed by atoms with van der Waals surface area (Å²) in [4.78, 5) is 22.7. The van der Waals surface area contributed by atoms with E-state index in [9.17, 15) is 19.4 Å². The van der Waals surface area contributed by atoms with E-state index in [4.69, 9.17) is 14.8 Å².